The maximum absolute atomic E-state index is 13.3. The molecule has 1 saturated heterocycles. The zero-order chi connectivity index (χ0) is 23.0. The van der Waals surface area contributed by atoms with Crippen LogP contribution in [0.2, 0.25) is 0 Å². The van der Waals surface area contributed by atoms with Gasteiger partial charge in [-0.1, -0.05) is 31.9 Å². The highest BCUT2D eigenvalue weighted by atomic mass is 79.9. The Balaban J connectivity index is 1.91. The van der Waals surface area contributed by atoms with Gasteiger partial charge in [-0.2, -0.15) is 8.61 Å². The molecule has 170 valence electrons. The molecule has 1 fully saturated rings. The van der Waals surface area contributed by atoms with Crippen LogP contribution in [0.15, 0.2) is 55.1 Å². The number of methoxy groups -OCH3 is 2. The molecule has 1 atom stereocenters. The number of nitrogens with zero attached hydrogens (tertiary/aromatic N) is 2. The van der Waals surface area contributed by atoms with Crippen LogP contribution < -0.4 is 9.47 Å². The van der Waals surface area contributed by atoms with Crippen molar-refractivity contribution in [2.75, 3.05) is 33.9 Å². The molecule has 31 heavy (non-hydrogen) atoms. The molecular formula is C19H22Br2N2O6S2. The second kappa shape index (κ2) is 9.36. The lowest BCUT2D eigenvalue weighted by molar-refractivity contribution is 0.212. The van der Waals surface area contributed by atoms with Gasteiger partial charge in [0.05, 0.1) is 14.2 Å². The fourth-order valence-corrected chi connectivity index (χ4v) is 7.97. The predicted octanol–water partition coefficient (Wildman–Crippen LogP) is 3.31. The van der Waals surface area contributed by atoms with Gasteiger partial charge in [0.2, 0.25) is 20.0 Å². The molecule has 0 amide bonds. The minimum absolute atomic E-state index is 0.00749. The Kier molecular flexibility index (Phi) is 7.38. The van der Waals surface area contributed by atoms with Crippen LogP contribution in [0.3, 0.4) is 0 Å². The monoisotopic (exact) mass is 596 g/mol. The Morgan fingerprint density at radius 3 is 1.77 bits per heavy atom. The summed E-state index contributed by atoms with van der Waals surface area (Å²) in [5, 5.41) is 0. The zero-order valence-corrected chi connectivity index (χ0v) is 21.9. The summed E-state index contributed by atoms with van der Waals surface area (Å²) in [6, 6.07) is 8.90. The number of piperazine rings is 1. The summed E-state index contributed by atoms with van der Waals surface area (Å²) in [6.45, 7) is 1.71. The summed E-state index contributed by atoms with van der Waals surface area (Å²) in [5.74, 6) is 0.453. The Morgan fingerprint density at radius 1 is 0.839 bits per heavy atom. The second-order valence-corrected chi connectivity index (χ2v) is 12.5. The van der Waals surface area contributed by atoms with E-state index in [2.05, 4.69) is 31.9 Å². The first-order chi connectivity index (χ1) is 14.5. The first-order valence-electron chi connectivity index (χ1n) is 9.21. The first kappa shape index (κ1) is 24.5. The van der Waals surface area contributed by atoms with Crippen molar-refractivity contribution in [2.24, 2.45) is 0 Å². The number of hydrogen-bond acceptors (Lipinski definition) is 6. The molecule has 2 aromatic carbocycles. The van der Waals surface area contributed by atoms with Gasteiger partial charge in [0.15, 0.2) is 0 Å². The molecule has 8 nitrogen and oxygen atoms in total. The second-order valence-electron chi connectivity index (χ2n) is 6.92. The first-order valence-corrected chi connectivity index (χ1v) is 13.7. The van der Waals surface area contributed by atoms with Gasteiger partial charge >= 0.3 is 0 Å². The van der Waals surface area contributed by atoms with Crippen LogP contribution in [0, 0.1) is 0 Å². The molecule has 1 heterocycles. The standard InChI is InChI=1S/C19H22Br2N2O6S2/c1-13-12-22(30(24,25)18-10-14(20)4-6-16(18)28-2)8-9-23(13)31(26,27)19-11-15(21)5-7-17(19)29-3/h4-7,10-11,13H,8-9,12H2,1-3H3. The molecule has 1 aliphatic rings. The van der Waals surface area contributed by atoms with Gasteiger partial charge in [-0.25, -0.2) is 16.8 Å². The van der Waals surface area contributed by atoms with Crippen molar-refractivity contribution >= 4 is 51.9 Å². The van der Waals surface area contributed by atoms with Crippen molar-refractivity contribution in [1.82, 2.24) is 8.61 Å². The average Bonchev–Trinajstić information content (AvgIpc) is 2.73. The van der Waals surface area contributed by atoms with Gasteiger partial charge in [0.1, 0.15) is 21.3 Å². The van der Waals surface area contributed by atoms with Gasteiger partial charge in [-0.05, 0) is 43.3 Å². The van der Waals surface area contributed by atoms with E-state index in [9.17, 15) is 16.8 Å². The topological polar surface area (TPSA) is 93.2 Å². The molecule has 0 spiro atoms. The fourth-order valence-electron chi connectivity index (χ4n) is 3.45. The summed E-state index contributed by atoms with van der Waals surface area (Å²) >= 11 is 6.59. The van der Waals surface area contributed by atoms with Crippen LogP contribution >= 0.6 is 31.9 Å². The van der Waals surface area contributed by atoms with E-state index in [1.54, 1.807) is 31.2 Å². The van der Waals surface area contributed by atoms with Crippen molar-refractivity contribution in [3.05, 3.63) is 45.3 Å². The average molecular weight is 598 g/mol. The number of ether oxygens (including phenoxy) is 2. The maximum Gasteiger partial charge on any atom is 0.247 e. The zero-order valence-electron chi connectivity index (χ0n) is 17.1. The largest absolute Gasteiger partial charge is 0.495 e. The van der Waals surface area contributed by atoms with Crippen molar-refractivity contribution in [3.63, 3.8) is 0 Å². The predicted molar refractivity (Wildman–Crippen MR) is 124 cm³/mol. The minimum Gasteiger partial charge on any atom is -0.495 e. The Labute approximate surface area is 199 Å². The fraction of sp³-hybridized carbons (Fsp3) is 0.368. The molecule has 1 unspecified atom stereocenters. The molecule has 0 bridgehead atoms. The van der Waals surface area contributed by atoms with E-state index in [4.69, 9.17) is 9.47 Å². The molecule has 12 heteroatoms. The highest BCUT2D eigenvalue weighted by Gasteiger charge is 2.40. The third kappa shape index (κ3) is 4.79. The molecule has 2 aromatic rings. The lowest BCUT2D eigenvalue weighted by atomic mass is 10.3. The number of benzene rings is 2. The third-order valence-corrected chi connectivity index (χ3v) is 9.89. The minimum atomic E-state index is -3.90. The van der Waals surface area contributed by atoms with Crippen LogP contribution in [-0.4, -0.2) is 65.3 Å². The van der Waals surface area contributed by atoms with E-state index < -0.39 is 26.1 Å². The summed E-state index contributed by atoms with van der Waals surface area (Å²) < 4.78 is 67.4. The Hall–Kier alpha value is -1.18. The third-order valence-electron chi connectivity index (χ3n) is 4.99. The number of sulfonamides is 2. The van der Waals surface area contributed by atoms with Crippen LogP contribution in [0.4, 0.5) is 0 Å². The summed E-state index contributed by atoms with van der Waals surface area (Å²) in [6.07, 6.45) is 0. The molecule has 0 N–H and O–H groups in total. The number of halogens is 2. The highest BCUT2D eigenvalue weighted by molar-refractivity contribution is 9.10. The van der Waals surface area contributed by atoms with Crippen molar-refractivity contribution in [3.8, 4) is 11.5 Å². The summed E-state index contributed by atoms with van der Waals surface area (Å²) in [7, 11) is -4.99. The van der Waals surface area contributed by atoms with E-state index in [0.29, 0.717) is 8.95 Å². The van der Waals surface area contributed by atoms with Gasteiger partial charge < -0.3 is 9.47 Å². The van der Waals surface area contributed by atoms with Gasteiger partial charge in [0.25, 0.3) is 0 Å². The molecule has 0 saturated carbocycles. The van der Waals surface area contributed by atoms with E-state index in [1.165, 1.54) is 35.0 Å². The van der Waals surface area contributed by atoms with Crippen LogP contribution in [0.25, 0.3) is 0 Å². The van der Waals surface area contributed by atoms with Crippen LogP contribution in [-0.2, 0) is 20.0 Å². The van der Waals surface area contributed by atoms with Crippen LogP contribution in [0.1, 0.15) is 6.92 Å². The Bertz CT molecular complexity index is 1190. The molecule has 0 radical (unpaired) electrons. The summed E-state index contributed by atoms with van der Waals surface area (Å²) in [5.41, 5.74) is 0. The normalized spacial score (nSPS) is 18.7. The van der Waals surface area contributed by atoms with E-state index in [-0.39, 0.29) is 40.9 Å². The van der Waals surface area contributed by atoms with Crippen molar-refractivity contribution in [2.45, 2.75) is 22.8 Å². The molecule has 0 aliphatic carbocycles. The van der Waals surface area contributed by atoms with Gasteiger partial charge in [-0.15, -0.1) is 0 Å². The molecular weight excluding hydrogens is 576 g/mol. The molecule has 1 aliphatic heterocycles. The highest BCUT2D eigenvalue weighted by Crippen LogP contribution is 2.34. The van der Waals surface area contributed by atoms with E-state index >= 15 is 0 Å². The van der Waals surface area contributed by atoms with Crippen LogP contribution in [0.5, 0.6) is 11.5 Å². The lowest BCUT2D eigenvalue weighted by Crippen LogP contribution is -2.55. The number of hydrogen-bond donors (Lipinski definition) is 0. The van der Waals surface area contributed by atoms with E-state index in [0.717, 1.165) is 0 Å². The SMILES string of the molecule is COc1ccc(Br)cc1S(=O)(=O)N1CCN(S(=O)(=O)c2cc(Br)ccc2OC)C(C)C1. The Morgan fingerprint density at radius 2 is 1.32 bits per heavy atom. The number of rotatable bonds is 6. The van der Waals surface area contributed by atoms with Crippen molar-refractivity contribution < 1.29 is 26.3 Å². The van der Waals surface area contributed by atoms with Gasteiger partial charge in [-0.3, -0.25) is 0 Å². The van der Waals surface area contributed by atoms with Crippen molar-refractivity contribution in [1.29, 1.82) is 0 Å². The molecule has 3 rings (SSSR count). The lowest BCUT2D eigenvalue weighted by Gasteiger charge is -2.38. The quantitative estimate of drug-likeness (QED) is 0.507. The summed E-state index contributed by atoms with van der Waals surface area (Å²) in [4.78, 5) is 0.0581. The maximum atomic E-state index is 13.3. The van der Waals surface area contributed by atoms with E-state index in [1.807, 2.05) is 0 Å². The smallest absolute Gasteiger partial charge is 0.247 e. The van der Waals surface area contributed by atoms with Gasteiger partial charge in [0, 0.05) is 34.6 Å². The molecule has 0 aromatic heterocycles.